The molecule has 4 aromatic rings. The molecule has 0 aromatic carbocycles. The first-order valence-corrected chi connectivity index (χ1v) is 11.9. The first kappa shape index (κ1) is 23.6. The molecule has 1 atom stereocenters. The number of hydrogen-bond acceptors (Lipinski definition) is 7. The Morgan fingerprint density at radius 2 is 1.92 bits per heavy atom. The Balaban J connectivity index is 1.34. The Morgan fingerprint density at radius 3 is 2.64 bits per heavy atom. The quantitative estimate of drug-likeness (QED) is 0.429. The van der Waals surface area contributed by atoms with Crippen LogP contribution in [0, 0.1) is 13.8 Å². The molecule has 1 saturated heterocycles. The van der Waals surface area contributed by atoms with Gasteiger partial charge in [0.15, 0.2) is 0 Å². The van der Waals surface area contributed by atoms with Crippen LogP contribution in [0.2, 0.25) is 0 Å². The van der Waals surface area contributed by atoms with Crippen LogP contribution in [0.25, 0.3) is 16.8 Å². The van der Waals surface area contributed by atoms with Gasteiger partial charge in [-0.05, 0) is 46.2 Å². The van der Waals surface area contributed by atoms with E-state index in [1.54, 1.807) is 40.8 Å². The third kappa shape index (κ3) is 4.69. The van der Waals surface area contributed by atoms with E-state index in [0.717, 1.165) is 30.6 Å². The Hall–Kier alpha value is -4.12. The summed E-state index contributed by atoms with van der Waals surface area (Å²) >= 11 is 0. The maximum absolute atomic E-state index is 13.2. The van der Waals surface area contributed by atoms with Gasteiger partial charge in [-0.2, -0.15) is 10.2 Å². The third-order valence-electron chi connectivity index (χ3n) is 6.57. The van der Waals surface area contributed by atoms with Gasteiger partial charge in [0.1, 0.15) is 5.52 Å². The molecule has 11 heteroatoms. The minimum absolute atomic E-state index is 0.0968. The number of anilines is 2. The number of carbonyl (C=O) groups excluding carboxylic acids is 2. The first-order valence-electron chi connectivity index (χ1n) is 11.9. The van der Waals surface area contributed by atoms with E-state index in [1.807, 2.05) is 20.2 Å². The first-order chi connectivity index (χ1) is 17.3. The number of aryl methyl sites for hydroxylation is 3. The van der Waals surface area contributed by atoms with Crippen molar-refractivity contribution in [2.24, 2.45) is 7.05 Å². The Bertz CT molecular complexity index is 1460. The third-order valence-corrected chi connectivity index (χ3v) is 6.57. The molecular formula is C25H29N9O2. The van der Waals surface area contributed by atoms with E-state index >= 15 is 0 Å². The number of likely N-dealkylation sites (tertiary alicyclic amines) is 1. The van der Waals surface area contributed by atoms with Gasteiger partial charge in [-0.3, -0.25) is 24.2 Å². The van der Waals surface area contributed by atoms with Crippen molar-refractivity contribution in [2.45, 2.75) is 39.7 Å². The number of pyridine rings is 1. The van der Waals surface area contributed by atoms with E-state index in [1.165, 1.54) is 6.20 Å². The summed E-state index contributed by atoms with van der Waals surface area (Å²) < 4.78 is 3.36. The van der Waals surface area contributed by atoms with Crippen molar-refractivity contribution >= 4 is 28.7 Å². The summed E-state index contributed by atoms with van der Waals surface area (Å²) in [5, 5.41) is 14.4. The molecule has 1 fully saturated rings. The molecule has 5 rings (SSSR count). The fourth-order valence-corrected chi connectivity index (χ4v) is 4.59. The Kier molecular flexibility index (Phi) is 6.23. The molecule has 0 aliphatic carbocycles. The maximum Gasteiger partial charge on any atom is 0.259 e. The molecule has 186 valence electrons. The van der Waals surface area contributed by atoms with Gasteiger partial charge in [-0.15, -0.1) is 0 Å². The molecule has 36 heavy (non-hydrogen) atoms. The number of nitrogens with one attached hydrogen (secondary N) is 2. The van der Waals surface area contributed by atoms with Crippen LogP contribution in [-0.4, -0.2) is 65.2 Å². The molecule has 1 aliphatic rings. The predicted molar refractivity (Wildman–Crippen MR) is 136 cm³/mol. The highest BCUT2D eigenvalue weighted by Gasteiger charge is 2.23. The van der Waals surface area contributed by atoms with Crippen LogP contribution in [0.1, 0.15) is 41.5 Å². The number of nitrogens with zero attached hydrogens (tertiary/aromatic N) is 7. The zero-order valence-electron chi connectivity index (χ0n) is 20.8. The smallest absolute Gasteiger partial charge is 0.259 e. The van der Waals surface area contributed by atoms with Crippen molar-refractivity contribution < 1.29 is 9.59 Å². The zero-order chi connectivity index (χ0) is 25.4. The van der Waals surface area contributed by atoms with Gasteiger partial charge in [-0.25, -0.2) is 9.50 Å². The van der Waals surface area contributed by atoms with E-state index < -0.39 is 0 Å². The lowest BCUT2D eigenvalue weighted by atomic mass is 10.2. The summed E-state index contributed by atoms with van der Waals surface area (Å²) in [6.45, 7) is 7.05. The molecule has 2 amide bonds. The van der Waals surface area contributed by atoms with Crippen LogP contribution in [0.15, 0.2) is 37.1 Å². The lowest BCUT2D eigenvalue weighted by Crippen LogP contribution is -2.35. The Labute approximate surface area is 208 Å². The molecule has 4 aromatic heterocycles. The number of fused-ring (bicyclic) bond motifs is 1. The number of aromatic nitrogens is 6. The van der Waals surface area contributed by atoms with E-state index in [2.05, 4.69) is 42.6 Å². The minimum Gasteiger partial charge on any atom is -0.324 e. The van der Waals surface area contributed by atoms with Crippen LogP contribution in [-0.2, 0) is 11.8 Å². The average molecular weight is 488 g/mol. The van der Waals surface area contributed by atoms with Gasteiger partial charge in [0.05, 0.1) is 65.4 Å². The van der Waals surface area contributed by atoms with Crippen molar-refractivity contribution in [3.05, 3.63) is 54.0 Å². The summed E-state index contributed by atoms with van der Waals surface area (Å²) in [5.74, 6) is -0.427. The van der Waals surface area contributed by atoms with Gasteiger partial charge in [0, 0.05) is 24.8 Å². The van der Waals surface area contributed by atoms with E-state index in [0.29, 0.717) is 46.4 Å². The molecule has 5 heterocycles. The van der Waals surface area contributed by atoms with Crippen molar-refractivity contribution in [2.75, 3.05) is 23.7 Å². The number of amides is 2. The number of rotatable bonds is 6. The van der Waals surface area contributed by atoms with Gasteiger partial charge < -0.3 is 10.6 Å². The van der Waals surface area contributed by atoms with Crippen LogP contribution < -0.4 is 10.6 Å². The van der Waals surface area contributed by atoms with Crippen molar-refractivity contribution in [1.82, 2.24) is 34.3 Å². The van der Waals surface area contributed by atoms with Crippen molar-refractivity contribution in [3.8, 4) is 11.3 Å². The molecular weight excluding hydrogens is 458 g/mol. The molecule has 11 nitrogen and oxygen atoms in total. The van der Waals surface area contributed by atoms with E-state index in [4.69, 9.17) is 0 Å². The van der Waals surface area contributed by atoms with Crippen molar-refractivity contribution in [1.29, 1.82) is 0 Å². The van der Waals surface area contributed by atoms with E-state index in [-0.39, 0.29) is 11.8 Å². The summed E-state index contributed by atoms with van der Waals surface area (Å²) in [6.07, 6.45) is 10.7. The molecule has 0 radical (unpaired) electrons. The molecule has 0 spiro atoms. The van der Waals surface area contributed by atoms with E-state index in [9.17, 15) is 9.59 Å². The fourth-order valence-electron chi connectivity index (χ4n) is 4.59. The number of carbonyl (C=O) groups is 2. The molecule has 0 saturated carbocycles. The second-order valence-corrected chi connectivity index (χ2v) is 9.29. The van der Waals surface area contributed by atoms with Crippen LogP contribution in [0.3, 0.4) is 0 Å². The summed E-state index contributed by atoms with van der Waals surface area (Å²) in [4.78, 5) is 37.0. The van der Waals surface area contributed by atoms with Crippen LogP contribution in [0.4, 0.5) is 11.4 Å². The standard InChI is InChI=1S/C25H29N9O2/c1-15-6-5-7-33(15)14-23(35)30-19-8-21(16(2)26-10-19)31-25(36)20-11-28-34-13-22(29-17(3)24(20)34)18-9-27-32(4)12-18/h8-13,15H,5-7,14H2,1-4H3,(H,30,35)(H,31,36)/t15-/m0/s1. The summed E-state index contributed by atoms with van der Waals surface area (Å²) in [6, 6.07) is 2.13. The van der Waals surface area contributed by atoms with Gasteiger partial charge >= 0.3 is 0 Å². The fraction of sp³-hybridized carbons (Fsp3) is 0.360. The topological polar surface area (TPSA) is 122 Å². The van der Waals surface area contributed by atoms with Crippen LogP contribution >= 0.6 is 0 Å². The molecule has 1 aliphatic heterocycles. The normalized spacial score (nSPS) is 15.9. The molecule has 2 N–H and O–H groups in total. The summed E-state index contributed by atoms with van der Waals surface area (Å²) in [7, 11) is 1.84. The summed E-state index contributed by atoms with van der Waals surface area (Å²) in [5.41, 5.74) is 4.96. The predicted octanol–water partition coefficient (Wildman–Crippen LogP) is 2.82. The average Bonchev–Trinajstić information content (AvgIpc) is 3.56. The van der Waals surface area contributed by atoms with Crippen LogP contribution in [0.5, 0.6) is 0 Å². The highest BCUT2D eigenvalue weighted by Crippen LogP contribution is 2.24. The molecule has 0 bridgehead atoms. The SMILES string of the molecule is Cc1ncc(NC(=O)CN2CCC[C@@H]2C)cc1NC(=O)c1cnn2cc(-c3cnn(C)c3)nc(C)c12. The van der Waals surface area contributed by atoms with Gasteiger partial charge in [0.2, 0.25) is 5.91 Å². The highest BCUT2D eigenvalue weighted by atomic mass is 16.2. The lowest BCUT2D eigenvalue weighted by molar-refractivity contribution is -0.117. The highest BCUT2D eigenvalue weighted by molar-refractivity contribution is 6.09. The monoisotopic (exact) mass is 487 g/mol. The van der Waals surface area contributed by atoms with Gasteiger partial charge in [-0.1, -0.05) is 0 Å². The molecule has 0 unspecified atom stereocenters. The largest absolute Gasteiger partial charge is 0.324 e. The number of hydrogen-bond donors (Lipinski definition) is 2. The Morgan fingerprint density at radius 1 is 1.08 bits per heavy atom. The zero-order valence-corrected chi connectivity index (χ0v) is 20.8. The lowest BCUT2D eigenvalue weighted by Gasteiger charge is -2.20. The van der Waals surface area contributed by atoms with Crippen molar-refractivity contribution in [3.63, 3.8) is 0 Å². The second-order valence-electron chi connectivity index (χ2n) is 9.29. The second kappa shape index (κ2) is 9.50. The minimum atomic E-state index is -0.330. The van der Waals surface area contributed by atoms with Gasteiger partial charge in [0.25, 0.3) is 5.91 Å². The maximum atomic E-state index is 13.2.